The van der Waals surface area contributed by atoms with E-state index in [2.05, 4.69) is 32.7 Å². The molecule has 0 aliphatic carbocycles. The van der Waals surface area contributed by atoms with Gasteiger partial charge >= 0.3 is 0 Å². The lowest BCUT2D eigenvalue weighted by Gasteiger charge is -2.12. The van der Waals surface area contributed by atoms with Crippen LogP contribution in [-0.2, 0) is 12.8 Å². The zero-order valence-electron chi connectivity index (χ0n) is 22.6. The van der Waals surface area contributed by atoms with Crippen LogP contribution in [0, 0.1) is 17.1 Å². The monoisotopic (exact) mass is 497 g/mol. The topological polar surface area (TPSA) is 62.7 Å². The molecule has 0 aliphatic heterocycles. The number of aromatic nitrogens is 1. The van der Waals surface area contributed by atoms with Gasteiger partial charge < -0.3 is 5.73 Å². The molecule has 1 aromatic heterocycles. The molecule has 0 spiro atoms. The van der Waals surface area contributed by atoms with E-state index in [4.69, 9.17) is 10.7 Å². The lowest BCUT2D eigenvalue weighted by Crippen LogP contribution is -2.00. The molecular formula is C33H40FN3. The molecule has 1 heterocycles. The van der Waals surface area contributed by atoms with Crippen LogP contribution in [0.2, 0.25) is 0 Å². The van der Waals surface area contributed by atoms with Crippen LogP contribution in [-0.4, -0.2) is 4.98 Å². The van der Waals surface area contributed by atoms with E-state index in [1.165, 1.54) is 18.9 Å². The van der Waals surface area contributed by atoms with E-state index in [-0.39, 0.29) is 5.82 Å². The summed E-state index contributed by atoms with van der Waals surface area (Å²) in [5.41, 5.74) is 12.3. The van der Waals surface area contributed by atoms with Crippen LogP contribution in [0.1, 0.15) is 68.8 Å². The third-order valence-electron chi connectivity index (χ3n) is 5.38. The summed E-state index contributed by atoms with van der Waals surface area (Å²) in [5.74, 6) is -0.205. The van der Waals surface area contributed by atoms with Crippen LogP contribution >= 0.6 is 0 Å². The SMILES string of the molecule is C=C(C)c1ccc(-c2ccccc2C#N)nc1CCCc1cccc(F)c1.C=C(N)CCCC.C=CC. The van der Waals surface area contributed by atoms with Crippen LogP contribution in [0.3, 0.4) is 0 Å². The fourth-order valence-corrected chi connectivity index (χ4v) is 3.59. The van der Waals surface area contributed by atoms with Crippen molar-refractivity contribution in [2.24, 2.45) is 5.73 Å². The minimum Gasteiger partial charge on any atom is -0.403 e. The Morgan fingerprint density at radius 2 is 1.76 bits per heavy atom. The molecule has 0 saturated carbocycles. The highest BCUT2D eigenvalue weighted by atomic mass is 19.1. The lowest BCUT2D eigenvalue weighted by atomic mass is 9.98. The average molecular weight is 498 g/mol. The Morgan fingerprint density at radius 1 is 1.05 bits per heavy atom. The van der Waals surface area contributed by atoms with Gasteiger partial charge in [0.15, 0.2) is 0 Å². The highest BCUT2D eigenvalue weighted by Gasteiger charge is 2.11. The molecule has 0 atom stereocenters. The van der Waals surface area contributed by atoms with Crippen LogP contribution in [0.25, 0.3) is 16.8 Å². The van der Waals surface area contributed by atoms with Crippen molar-refractivity contribution in [1.29, 1.82) is 5.26 Å². The molecule has 0 fully saturated rings. The second kappa shape index (κ2) is 17.5. The number of allylic oxidation sites excluding steroid dienone is 3. The number of hydrogen-bond donors (Lipinski definition) is 1. The first-order chi connectivity index (χ1) is 17.8. The molecule has 3 aromatic rings. The minimum atomic E-state index is -0.205. The minimum absolute atomic E-state index is 0.205. The van der Waals surface area contributed by atoms with Gasteiger partial charge in [-0.15, -0.1) is 6.58 Å². The Balaban J connectivity index is 0.000000584. The van der Waals surface area contributed by atoms with Crippen molar-refractivity contribution in [2.45, 2.75) is 59.3 Å². The standard InChI is InChI=1S/C24H21FN2.C6H13N.C3H6/c1-17(2)21-13-14-24(22-11-4-3-9-19(22)16-26)27-23(21)12-6-8-18-7-5-10-20(25)15-18;1-3-4-5-6(2)7;1-3-2/h3-5,7,9-11,13-15H,1,6,8,12H2,2H3;2-5,7H2,1H3;3H,1H2,2H3. The molecule has 3 rings (SSSR count). The van der Waals surface area contributed by atoms with Crippen LogP contribution in [0.15, 0.2) is 92.2 Å². The van der Waals surface area contributed by atoms with Crippen molar-refractivity contribution < 1.29 is 4.39 Å². The second-order valence-corrected chi connectivity index (χ2v) is 8.78. The summed E-state index contributed by atoms with van der Waals surface area (Å²) in [4.78, 5) is 4.84. The molecule has 0 unspecified atom stereocenters. The van der Waals surface area contributed by atoms with Crippen molar-refractivity contribution in [3.05, 3.63) is 120 Å². The fraction of sp³-hybridized carbons (Fsp3) is 0.273. The summed E-state index contributed by atoms with van der Waals surface area (Å²) in [6.07, 6.45) is 7.53. The molecule has 0 bridgehead atoms. The first-order valence-electron chi connectivity index (χ1n) is 12.7. The maximum absolute atomic E-state index is 13.3. The molecule has 4 heteroatoms. The van der Waals surface area contributed by atoms with Gasteiger partial charge in [0.05, 0.1) is 17.3 Å². The number of benzene rings is 2. The van der Waals surface area contributed by atoms with Crippen molar-refractivity contribution in [1.82, 2.24) is 4.98 Å². The van der Waals surface area contributed by atoms with Crippen molar-refractivity contribution in [3.8, 4) is 17.3 Å². The molecule has 0 aliphatic rings. The Hall–Kier alpha value is -3.97. The fourth-order valence-electron chi connectivity index (χ4n) is 3.59. The zero-order valence-corrected chi connectivity index (χ0v) is 22.6. The Morgan fingerprint density at radius 3 is 2.32 bits per heavy atom. The van der Waals surface area contributed by atoms with E-state index >= 15 is 0 Å². The summed E-state index contributed by atoms with van der Waals surface area (Å²) in [6.45, 7) is 17.0. The van der Waals surface area contributed by atoms with Gasteiger partial charge in [-0.05, 0) is 86.9 Å². The summed E-state index contributed by atoms with van der Waals surface area (Å²) in [7, 11) is 0. The predicted molar refractivity (Wildman–Crippen MR) is 156 cm³/mol. The number of pyridine rings is 1. The van der Waals surface area contributed by atoms with E-state index < -0.39 is 0 Å². The summed E-state index contributed by atoms with van der Waals surface area (Å²) >= 11 is 0. The van der Waals surface area contributed by atoms with E-state index in [1.807, 2.05) is 50.2 Å². The lowest BCUT2D eigenvalue weighted by molar-refractivity contribution is 0.624. The van der Waals surface area contributed by atoms with Gasteiger partial charge in [0.1, 0.15) is 5.82 Å². The summed E-state index contributed by atoms with van der Waals surface area (Å²) in [6, 6.07) is 20.4. The second-order valence-electron chi connectivity index (χ2n) is 8.78. The Labute approximate surface area is 222 Å². The molecule has 2 aromatic carbocycles. The third kappa shape index (κ3) is 11.5. The number of nitrogens with zero attached hydrogens (tertiary/aromatic N) is 2. The van der Waals surface area contributed by atoms with Crippen LogP contribution in [0.5, 0.6) is 0 Å². The number of aryl methyl sites for hydroxylation is 2. The smallest absolute Gasteiger partial charge is 0.123 e. The number of hydrogen-bond acceptors (Lipinski definition) is 3. The first kappa shape index (κ1) is 31.1. The van der Waals surface area contributed by atoms with E-state index in [1.54, 1.807) is 24.3 Å². The van der Waals surface area contributed by atoms with E-state index in [0.717, 1.165) is 65.0 Å². The maximum atomic E-state index is 13.3. The molecule has 2 N–H and O–H groups in total. The van der Waals surface area contributed by atoms with Gasteiger partial charge in [-0.1, -0.05) is 69.0 Å². The third-order valence-corrected chi connectivity index (χ3v) is 5.38. The molecular weight excluding hydrogens is 457 g/mol. The molecule has 37 heavy (non-hydrogen) atoms. The number of nitriles is 1. The molecule has 194 valence electrons. The van der Waals surface area contributed by atoms with Gasteiger partial charge in [-0.2, -0.15) is 5.26 Å². The van der Waals surface area contributed by atoms with Gasteiger partial charge in [0.25, 0.3) is 0 Å². The van der Waals surface area contributed by atoms with Gasteiger partial charge in [0.2, 0.25) is 0 Å². The number of unbranched alkanes of at least 4 members (excludes halogenated alkanes) is 1. The highest BCUT2D eigenvalue weighted by molar-refractivity contribution is 5.70. The first-order valence-corrected chi connectivity index (χ1v) is 12.7. The Kier molecular flexibility index (Phi) is 14.7. The van der Waals surface area contributed by atoms with E-state index in [0.29, 0.717) is 5.56 Å². The molecule has 0 radical (unpaired) electrons. The van der Waals surface area contributed by atoms with Gasteiger partial charge in [-0.25, -0.2) is 4.39 Å². The van der Waals surface area contributed by atoms with Crippen molar-refractivity contribution in [3.63, 3.8) is 0 Å². The predicted octanol–water partition coefficient (Wildman–Crippen LogP) is 8.81. The quantitative estimate of drug-likeness (QED) is 0.300. The van der Waals surface area contributed by atoms with Crippen LogP contribution < -0.4 is 5.73 Å². The zero-order chi connectivity index (χ0) is 27.6. The van der Waals surface area contributed by atoms with Crippen molar-refractivity contribution in [2.75, 3.05) is 0 Å². The average Bonchev–Trinajstić information content (AvgIpc) is 2.88. The molecule has 3 nitrogen and oxygen atoms in total. The number of nitrogens with two attached hydrogens (primary N) is 1. The van der Waals surface area contributed by atoms with Crippen LogP contribution in [0.4, 0.5) is 4.39 Å². The highest BCUT2D eigenvalue weighted by Crippen LogP contribution is 2.26. The maximum Gasteiger partial charge on any atom is 0.123 e. The van der Waals surface area contributed by atoms with E-state index in [9.17, 15) is 9.65 Å². The normalized spacial score (nSPS) is 9.59. The molecule has 0 amide bonds. The summed E-state index contributed by atoms with van der Waals surface area (Å²) < 4.78 is 13.3. The van der Waals surface area contributed by atoms with Gasteiger partial charge in [-0.3, -0.25) is 4.98 Å². The largest absolute Gasteiger partial charge is 0.403 e. The van der Waals surface area contributed by atoms with Gasteiger partial charge in [0, 0.05) is 17.0 Å². The summed E-state index contributed by atoms with van der Waals surface area (Å²) in [5, 5.41) is 9.36. The number of halogens is 1. The molecule has 0 saturated heterocycles. The number of rotatable bonds is 9. The Bertz CT molecular complexity index is 1200. The van der Waals surface area contributed by atoms with Crippen molar-refractivity contribution >= 4 is 5.57 Å².